The Morgan fingerprint density at radius 3 is 2.91 bits per heavy atom. The minimum Gasteiger partial charge on any atom is -0.324 e. The molecule has 1 saturated heterocycles. The predicted octanol–water partition coefficient (Wildman–Crippen LogP) is 3.63. The first kappa shape index (κ1) is 14.4. The van der Waals surface area contributed by atoms with Gasteiger partial charge in [-0.1, -0.05) is 18.6 Å². The summed E-state index contributed by atoms with van der Waals surface area (Å²) >= 11 is 0. The molecule has 118 valence electrons. The molecule has 3 heterocycles. The average molecular weight is 306 g/mol. The highest BCUT2D eigenvalue weighted by atomic mass is 15.1. The molecule has 2 aromatic heterocycles. The van der Waals surface area contributed by atoms with Gasteiger partial charge in [-0.15, -0.1) is 0 Å². The van der Waals surface area contributed by atoms with Gasteiger partial charge in [0.15, 0.2) is 0 Å². The number of rotatable bonds is 4. The van der Waals surface area contributed by atoms with Crippen molar-refractivity contribution in [3.63, 3.8) is 0 Å². The number of hydrogen-bond donors (Lipinski definition) is 1. The van der Waals surface area contributed by atoms with E-state index in [0.717, 1.165) is 36.4 Å². The summed E-state index contributed by atoms with van der Waals surface area (Å²) in [5, 5.41) is 3.64. The Bertz CT molecular complexity index is 772. The van der Waals surface area contributed by atoms with Gasteiger partial charge in [0.25, 0.3) is 0 Å². The standard InChI is InChI=1S/C19H22N4/c1-2-9-18-17(8-1)22-19(15-6-5-11-20-14-15)23(18)13-10-16-7-3-4-12-21-16/h1-2,5-6,8-9,11,14,16,21H,3-4,7,10,12-13H2. The lowest BCUT2D eigenvalue weighted by molar-refractivity contribution is 0.368. The van der Waals surface area contributed by atoms with Crippen molar-refractivity contribution in [3.05, 3.63) is 48.8 Å². The van der Waals surface area contributed by atoms with Gasteiger partial charge in [0.05, 0.1) is 11.0 Å². The SMILES string of the molecule is c1cncc(-c2nc3ccccc3n2CCC2CCCCN2)c1. The smallest absolute Gasteiger partial charge is 0.142 e. The molecule has 1 atom stereocenters. The second kappa shape index (κ2) is 6.50. The van der Waals surface area contributed by atoms with E-state index in [4.69, 9.17) is 4.98 Å². The van der Waals surface area contributed by atoms with Crippen LogP contribution in [0.3, 0.4) is 0 Å². The number of para-hydroxylation sites is 2. The monoisotopic (exact) mass is 306 g/mol. The molecule has 4 heteroatoms. The summed E-state index contributed by atoms with van der Waals surface area (Å²) in [7, 11) is 0. The molecule has 4 rings (SSSR count). The van der Waals surface area contributed by atoms with Crippen molar-refractivity contribution in [2.24, 2.45) is 0 Å². The highest BCUT2D eigenvalue weighted by Crippen LogP contribution is 2.25. The van der Waals surface area contributed by atoms with Gasteiger partial charge in [0.2, 0.25) is 0 Å². The molecule has 1 aromatic carbocycles. The maximum Gasteiger partial charge on any atom is 0.142 e. The molecule has 4 nitrogen and oxygen atoms in total. The Kier molecular flexibility index (Phi) is 4.07. The van der Waals surface area contributed by atoms with Gasteiger partial charge >= 0.3 is 0 Å². The third kappa shape index (κ3) is 2.99. The van der Waals surface area contributed by atoms with Crippen LogP contribution in [0.15, 0.2) is 48.8 Å². The van der Waals surface area contributed by atoms with Crippen molar-refractivity contribution in [3.8, 4) is 11.4 Å². The number of nitrogens with one attached hydrogen (secondary N) is 1. The number of nitrogens with zero attached hydrogens (tertiary/aromatic N) is 3. The van der Waals surface area contributed by atoms with Crippen LogP contribution in [0, 0.1) is 0 Å². The van der Waals surface area contributed by atoms with E-state index in [0.29, 0.717) is 6.04 Å². The lowest BCUT2D eigenvalue weighted by atomic mass is 10.0. The summed E-state index contributed by atoms with van der Waals surface area (Å²) in [5.41, 5.74) is 3.35. The summed E-state index contributed by atoms with van der Waals surface area (Å²) < 4.78 is 2.35. The molecule has 1 aliphatic heterocycles. The Balaban J connectivity index is 1.68. The van der Waals surface area contributed by atoms with Crippen LogP contribution in [0.4, 0.5) is 0 Å². The fourth-order valence-corrected chi connectivity index (χ4v) is 3.47. The van der Waals surface area contributed by atoms with Crippen LogP contribution in [0.25, 0.3) is 22.4 Å². The number of piperidine rings is 1. The lowest BCUT2D eigenvalue weighted by Crippen LogP contribution is -2.34. The first-order valence-electron chi connectivity index (χ1n) is 8.51. The van der Waals surface area contributed by atoms with Gasteiger partial charge in [-0.2, -0.15) is 0 Å². The summed E-state index contributed by atoms with van der Waals surface area (Å²) in [5.74, 6) is 1.02. The van der Waals surface area contributed by atoms with Gasteiger partial charge in [0, 0.05) is 30.5 Å². The van der Waals surface area contributed by atoms with E-state index in [1.165, 1.54) is 24.8 Å². The van der Waals surface area contributed by atoms with E-state index in [1.807, 2.05) is 18.5 Å². The third-order valence-corrected chi connectivity index (χ3v) is 4.69. The van der Waals surface area contributed by atoms with Crippen molar-refractivity contribution in [1.82, 2.24) is 19.9 Å². The van der Waals surface area contributed by atoms with Gasteiger partial charge in [-0.3, -0.25) is 4.98 Å². The van der Waals surface area contributed by atoms with Crippen molar-refractivity contribution in [2.45, 2.75) is 38.3 Å². The fourth-order valence-electron chi connectivity index (χ4n) is 3.47. The van der Waals surface area contributed by atoms with E-state index >= 15 is 0 Å². The molecular formula is C19H22N4. The molecule has 0 amide bonds. The van der Waals surface area contributed by atoms with Gasteiger partial charge < -0.3 is 9.88 Å². The number of aryl methyl sites for hydroxylation is 1. The minimum atomic E-state index is 0.631. The molecule has 0 aliphatic carbocycles. The molecule has 1 fully saturated rings. The number of imidazole rings is 1. The van der Waals surface area contributed by atoms with Crippen LogP contribution < -0.4 is 5.32 Å². The number of pyridine rings is 1. The quantitative estimate of drug-likeness (QED) is 0.800. The molecule has 3 aromatic rings. The lowest BCUT2D eigenvalue weighted by Gasteiger charge is -2.24. The molecule has 0 saturated carbocycles. The Morgan fingerprint density at radius 1 is 1.13 bits per heavy atom. The van der Waals surface area contributed by atoms with E-state index in [9.17, 15) is 0 Å². The zero-order valence-corrected chi connectivity index (χ0v) is 13.3. The summed E-state index contributed by atoms with van der Waals surface area (Å²) in [6, 6.07) is 13.1. The molecule has 0 bridgehead atoms. The zero-order chi connectivity index (χ0) is 15.5. The van der Waals surface area contributed by atoms with Crippen LogP contribution >= 0.6 is 0 Å². The molecule has 0 radical (unpaired) electrons. The van der Waals surface area contributed by atoms with Crippen molar-refractivity contribution < 1.29 is 0 Å². The number of aromatic nitrogens is 3. The summed E-state index contributed by atoms with van der Waals surface area (Å²) in [6.45, 7) is 2.15. The third-order valence-electron chi connectivity index (χ3n) is 4.69. The molecule has 23 heavy (non-hydrogen) atoms. The van der Waals surface area contributed by atoms with Crippen molar-refractivity contribution in [2.75, 3.05) is 6.54 Å². The number of benzene rings is 1. The predicted molar refractivity (Wildman–Crippen MR) is 93.2 cm³/mol. The topological polar surface area (TPSA) is 42.7 Å². The molecule has 1 N–H and O–H groups in total. The first-order valence-corrected chi connectivity index (χ1v) is 8.51. The van der Waals surface area contributed by atoms with Gasteiger partial charge in [-0.05, 0) is 50.1 Å². The van der Waals surface area contributed by atoms with Crippen LogP contribution in [0.5, 0.6) is 0 Å². The molecular weight excluding hydrogens is 284 g/mol. The summed E-state index contributed by atoms with van der Waals surface area (Å²) in [4.78, 5) is 9.11. The van der Waals surface area contributed by atoms with Crippen LogP contribution in [0.1, 0.15) is 25.7 Å². The maximum atomic E-state index is 4.85. The first-order chi connectivity index (χ1) is 11.4. The van der Waals surface area contributed by atoms with Crippen molar-refractivity contribution in [1.29, 1.82) is 0 Å². The Labute approximate surface area is 136 Å². The number of hydrogen-bond acceptors (Lipinski definition) is 3. The zero-order valence-electron chi connectivity index (χ0n) is 13.3. The van der Waals surface area contributed by atoms with Crippen LogP contribution in [0.2, 0.25) is 0 Å². The Hall–Kier alpha value is -2.20. The van der Waals surface area contributed by atoms with E-state index < -0.39 is 0 Å². The second-order valence-corrected chi connectivity index (χ2v) is 6.25. The molecule has 1 aliphatic rings. The highest BCUT2D eigenvalue weighted by molar-refractivity contribution is 5.80. The average Bonchev–Trinajstić information content (AvgIpc) is 3.00. The minimum absolute atomic E-state index is 0.631. The van der Waals surface area contributed by atoms with E-state index in [1.54, 1.807) is 0 Å². The number of fused-ring (bicyclic) bond motifs is 1. The normalized spacial score (nSPS) is 18.3. The maximum absolute atomic E-state index is 4.85. The van der Waals surface area contributed by atoms with Gasteiger partial charge in [-0.25, -0.2) is 4.98 Å². The van der Waals surface area contributed by atoms with Gasteiger partial charge in [0.1, 0.15) is 5.82 Å². The highest BCUT2D eigenvalue weighted by Gasteiger charge is 2.16. The Morgan fingerprint density at radius 2 is 2.09 bits per heavy atom. The second-order valence-electron chi connectivity index (χ2n) is 6.25. The van der Waals surface area contributed by atoms with Crippen LogP contribution in [-0.2, 0) is 6.54 Å². The van der Waals surface area contributed by atoms with E-state index in [-0.39, 0.29) is 0 Å². The molecule has 1 unspecified atom stereocenters. The largest absolute Gasteiger partial charge is 0.324 e. The fraction of sp³-hybridized carbons (Fsp3) is 0.368. The van der Waals surface area contributed by atoms with E-state index in [2.05, 4.69) is 45.2 Å². The molecule has 0 spiro atoms. The van der Waals surface area contributed by atoms with Crippen molar-refractivity contribution >= 4 is 11.0 Å². The summed E-state index contributed by atoms with van der Waals surface area (Å²) in [6.07, 6.45) is 8.80. The van der Waals surface area contributed by atoms with Crippen LogP contribution in [-0.4, -0.2) is 27.1 Å².